The summed E-state index contributed by atoms with van der Waals surface area (Å²) in [4.78, 5) is 2.36. The van der Waals surface area contributed by atoms with E-state index in [2.05, 4.69) is 4.90 Å². The highest BCUT2D eigenvalue weighted by Gasteiger charge is 2.51. The Morgan fingerprint density at radius 2 is 2.31 bits per heavy atom. The van der Waals surface area contributed by atoms with E-state index in [0.29, 0.717) is 5.92 Å². The van der Waals surface area contributed by atoms with Crippen LogP contribution >= 0.6 is 11.8 Å². The number of fused-ring (bicyclic) bond motifs is 2. The van der Waals surface area contributed by atoms with Crippen LogP contribution in [0.25, 0.3) is 0 Å². The molecule has 4 aliphatic rings. The number of ether oxygens (including phenoxy) is 1. The van der Waals surface area contributed by atoms with Crippen LogP contribution in [-0.2, 0) is 4.74 Å². The Morgan fingerprint density at radius 3 is 2.77 bits per heavy atom. The molecule has 1 spiro atoms. The quantitative estimate of drug-likeness (QED) is 0.590. The van der Waals surface area contributed by atoms with Crippen LogP contribution in [0.15, 0.2) is 0 Å². The molecule has 2 atom stereocenters. The second-order valence-electron chi connectivity index (χ2n) is 4.35. The first-order valence-electron chi connectivity index (χ1n) is 6.11. The summed E-state index contributed by atoms with van der Waals surface area (Å²) in [5.41, 5.74) is -1.73. The van der Waals surface area contributed by atoms with Gasteiger partial charge in [0.2, 0.25) is 0 Å². The van der Waals surface area contributed by atoms with Crippen molar-refractivity contribution in [3.63, 3.8) is 0 Å². The molecule has 4 fully saturated rings. The van der Waals surface area contributed by atoms with Gasteiger partial charge in [0.1, 0.15) is 5.44 Å². The number of piperidine rings is 3. The zero-order valence-electron chi connectivity index (χ0n) is 9.95. The summed E-state index contributed by atoms with van der Waals surface area (Å²) in [6, 6.07) is 0. The van der Waals surface area contributed by atoms with Gasteiger partial charge in [-0.25, -0.2) is 0 Å². The first kappa shape index (κ1) is 6.70. The molecule has 0 amide bonds. The molecule has 4 aliphatic heterocycles. The van der Waals surface area contributed by atoms with Gasteiger partial charge in [-0.05, 0) is 38.8 Å². The summed E-state index contributed by atoms with van der Waals surface area (Å²) < 4.78 is 22.4. The monoisotopic (exact) mass is 201 g/mol. The third-order valence-electron chi connectivity index (χ3n) is 3.48. The van der Waals surface area contributed by atoms with E-state index in [1.54, 1.807) is 0 Å². The van der Waals surface area contributed by atoms with Crippen molar-refractivity contribution in [2.45, 2.75) is 30.8 Å². The molecular weight excluding hydrogens is 182 g/mol. The van der Waals surface area contributed by atoms with Crippen LogP contribution in [0.5, 0.6) is 0 Å². The maximum absolute atomic E-state index is 8.19. The maximum Gasteiger partial charge on any atom is 0.101 e. The molecule has 0 aromatic carbocycles. The minimum Gasteiger partial charge on any atom is -0.359 e. The van der Waals surface area contributed by atoms with Crippen molar-refractivity contribution in [2.75, 3.05) is 25.3 Å². The highest BCUT2D eigenvalue weighted by molar-refractivity contribution is 8.00. The van der Waals surface area contributed by atoms with Crippen molar-refractivity contribution < 1.29 is 7.48 Å². The van der Waals surface area contributed by atoms with E-state index in [4.69, 9.17) is 7.48 Å². The lowest BCUT2D eigenvalue weighted by atomic mass is 9.76. The van der Waals surface area contributed by atoms with E-state index >= 15 is 0 Å². The average molecular weight is 201 g/mol. The van der Waals surface area contributed by atoms with E-state index in [9.17, 15) is 0 Å². The van der Waals surface area contributed by atoms with E-state index in [1.807, 2.05) is 6.92 Å². The third kappa shape index (κ3) is 1.24. The Morgan fingerprint density at radius 1 is 1.54 bits per heavy atom. The lowest BCUT2D eigenvalue weighted by molar-refractivity contribution is -0.133. The highest BCUT2D eigenvalue weighted by Crippen LogP contribution is 2.46. The van der Waals surface area contributed by atoms with Crippen molar-refractivity contribution in [3.05, 3.63) is 0 Å². The normalized spacial score (nSPS) is 60.8. The van der Waals surface area contributed by atoms with E-state index in [1.165, 1.54) is 11.8 Å². The Bertz CT molecular complexity index is 281. The number of hydrogen-bond donors (Lipinski definition) is 0. The van der Waals surface area contributed by atoms with Gasteiger partial charge in [-0.2, -0.15) is 0 Å². The number of nitrogens with zero attached hydrogens (tertiary/aromatic N) is 1. The first-order chi connectivity index (χ1) is 7.03. The fourth-order valence-electron chi connectivity index (χ4n) is 2.79. The van der Waals surface area contributed by atoms with Crippen molar-refractivity contribution in [3.8, 4) is 0 Å². The summed E-state index contributed by atoms with van der Waals surface area (Å²) in [7, 11) is 0. The summed E-state index contributed by atoms with van der Waals surface area (Å²) in [6.45, 7) is 5.02. The molecule has 0 N–H and O–H groups in total. The van der Waals surface area contributed by atoms with Crippen molar-refractivity contribution in [1.29, 1.82) is 0 Å². The molecule has 0 aliphatic carbocycles. The van der Waals surface area contributed by atoms with Gasteiger partial charge in [-0.15, -0.1) is 11.8 Å². The molecular formula is C10H17NOS. The van der Waals surface area contributed by atoms with Gasteiger partial charge in [-0.3, -0.25) is 0 Å². The predicted molar refractivity (Wildman–Crippen MR) is 54.9 cm³/mol. The first-order valence-corrected chi connectivity index (χ1v) is 5.99. The SMILES string of the molecule is [2H]C1([2H])S[C@@H](C)O[C@@]12CN1CCC2CC1. The molecule has 2 nitrogen and oxygen atoms in total. The van der Waals surface area contributed by atoms with E-state index in [0.717, 1.165) is 32.5 Å². The molecule has 0 unspecified atom stereocenters. The Kier molecular flexibility index (Phi) is 1.48. The fraction of sp³-hybridized carbons (Fsp3) is 1.00. The number of hydrogen-bond acceptors (Lipinski definition) is 3. The number of rotatable bonds is 0. The van der Waals surface area contributed by atoms with Crippen molar-refractivity contribution in [1.82, 2.24) is 4.90 Å². The minimum atomic E-state index is -1.21. The van der Waals surface area contributed by atoms with Crippen LogP contribution in [0.1, 0.15) is 22.5 Å². The van der Waals surface area contributed by atoms with Crippen molar-refractivity contribution >= 4 is 11.8 Å². The smallest absolute Gasteiger partial charge is 0.101 e. The summed E-state index contributed by atoms with van der Waals surface area (Å²) >= 11 is 1.35. The summed E-state index contributed by atoms with van der Waals surface area (Å²) in [5, 5.41) is 0. The maximum atomic E-state index is 8.19. The fourth-order valence-corrected chi connectivity index (χ4v) is 3.66. The molecule has 4 saturated heterocycles. The van der Waals surface area contributed by atoms with Gasteiger partial charge in [-0.1, -0.05) is 0 Å². The van der Waals surface area contributed by atoms with Crippen LogP contribution in [0.3, 0.4) is 0 Å². The average Bonchev–Trinajstić information content (AvgIpc) is 2.38. The molecule has 4 heterocycles. The molecule has 74 valence electrons. The number of thioether (sulfide) groups is 1. The molecule has 0 aromatic heterocycles. The minimum absolute atomic E-state index is 0.000509. The Hall–Kier alpha value is 0.270. The Balaban J connectivity index is 1.96. The van der Waals surface area contributed by atoms with Gasteiger partial charge >= 0.3 is 0 Å². The molecule has 0 aromatic rings. The van der Waals surface area contributed by atoms with Crippen LogP contribution in [0, 0.1) is 5.92 Å². The van der Waals surface area contributed by atoms with Gasteiger partial charge in [0.25, 0.3) is 0 Å². The largest absolute Gasteiger partial charge is 0.359 e. The summed E-state index contributed by atoms with van der Waals surface area (Å²) in [5.74, 6) is 0.426. The molecule has 13 heavy (non-hydrogen) atoms. The Labute approximate surface area is 86.8 Å². The van der Waals surface area contributed by atoms with Crippen molar-refractivity contribution in [2.24, 2.45) is 5.92 Å². The molecule has 0 radical (unpaired) electrons. The van der Waals surface area contributed by atoms with Crippen LogP contribution < -0.4 is 0 Å². The second-order valence-corrected chi connectivity index (χ2v) is 5.45. The summed E-state index contributed by atoms with van der Waals surface area (Å²) in [6.07, 6.45) is 2.21. The van der Waals surface area contributed by atoms with Gasteiger partial charge in [0, 0.05) is 15.0 Å². The third-order valence-corrected chi connectivity index (χ3v) is 4.37. The highest BCUT2D eigenvalue weighted by atomic mass is 32.2. The van der Waals surface area contributed by atoms with E-state index < -0.39 is 11.3 Å². The van der Waals surface area contributed by atoms with Crippen LogP contribution in [0.4, 0.5) is 0 Å². The topological polar surface area (TPSA) is 12.5 Å². The molecule has 4 rings (SSSR count). The second kappa shape index (κ2) is 2.88. The predicted octanol–water partition coefficient (Wildman–Crippen LogP) is 1.56. The van der Waals surface area contributed by atoms with Gasteiger partial charge in [0.05, 0.1) is 5.60 Å². The zero-order valence-corrected chi connectivity index (χ0v) is 8.77. The molecule has 2 bridgehead atoms. The van der Waals surface area contributed by atoms with E-state index in [-0.39, 0.29) is 5.44 Å². The zero-order chi connectivity index (χ0) is 10.7. The lowest BCUT2D eigenvalue weighted by Crippen LogP contribution is -2.60. The van der Waals surface area contributed by atoms with Gasteiger partial charge < -0.3 is 9.64 Å². The molecule has 0 saturated carbocycles. The standard InChI is InChI=1S/C10H17NOS/c1-8-12-10(7-13-8)6-11-4-2-9(10)3-5-11/h8-9H,2-7H2,1H3/t8-,10-/m0/s1/i7D2. The lowest BCUT2D eigenvalue weighted by Gasteiger charge is -2.50. The van der Waals surface area contributed by atoms with Crippen LogP contribution in [0.2, 0.25) is 0 Å². The van der Waals surface area contributed by atoms with Crippen LogP contribution in [-0.4, -0.2) is 41.3 Å². The van der Waals surface area contributed by atoms with Gasteiger partial charge in [0.15, 0.2) is 0 Å². The molecule has 3 heteroatoms.